The van der Waals surface area contributed by atoms with Gasteiger partial charge >= 0.3 is 6.18 Å². The van der Waals surface area contributed by atoms with E-state index in [-0.39, 0.29) is 0 Å². The van der Waals surface area contributed by atoms with Crippen LogP contribution in [0.3, 0.4) is 0 Å². The number of halogens is 3. The number of nitrogens with one attached hydrogen (secondary N) is 1. The molecule has 96 valence electrons. The minimum atomic E-state index is -4.10. The molecule has 5 heteroatoms. The van der Waals surface area contributed by atoms with Crippen molar-refractivity contribution in [1.82, 2.24) is 5.32 Å². The zero-order chi connectivity index (χ0) is 12.3. The Morgan fingerprint density at radius 2 is 2.00 bits per heavy atom. The van der Waals surface area contributed by atoms with E-state index in [1.807, 2.05) is 0 Å². The molecular formula is C12H16F3NS. The van der Waals surface area contributed by atoms with Crippen LogP contribution in [-0.2, 0) is 19.3 Å². The Morgan fingerprint density at radius 1 is 1.24 bits per heavy atom. The average Bonchev–Trinajstić information content (AvgIpc) is 2.65. The van der Waals surface area contributed by atoms with Gasteiger partial charge in [-0.3, -0.25) is 0 Å². The lowest BCUT2D eigenvalue weighted by Gasteiger charge is -2.08. The molecule has 2 rings (SSSR count). The number of hydrogen-bond donors (Lipinski definition) is 1. The van der Waals surface area contributed by atoms with Crippen LogP contribution in [-0.4, -0.2) is 19.3 Å². The van der Waals surface area contributed by atoms with E-state index in [0.29, 0.717) is 13.0 Å². The van der Waals surface area contributed by atoms with Crippen LogP contribution in [0.1, 0.15) is 28.2 Å². The van der Waals surface area contributed by atoms with Crippen molar-refractivity contribution in [2.24, 2.45) is 0 Å². The number of hydrogen-bond acceptors (Lipinski definition) is 2. The van der Waals surface area contributed by atoms with E-state index in [0.717, 1.165) is 12.8 Å². The van der Waals surface area contributed by atoms with Crippen molar-refractivity contribution in [2.45, 2.75) is 38.3 Å². The number of thiophene rings is 1. The molecule has 1 N–H and O–H groups in total. The van der Waals surface area contributed by atoms with Crippen molar-refractivity contribution < 1.29 is 13.2 Å². The lowest BCUT2D eigenvalue weighted by Crippen LogP contribution is -2.30. The molecule has 1 aliphatic carbocycles. The summed E-state index contributed by atoms with van der Waals surface area (Å²) in [5, 5.41) is 2.44. The maximum Gasteiger partial charge on any atom is 0.401 e. The van der Waals surface area contributed by atoms with Crippen molar-refractivity contribution >= 4 is 11.3 Å². The van der Waals surface area contributed by atoms with Gasteiger partial charge in [0.15, 0.2) is 0 Å². The molecule has 0 bridgehead atoms. The van der Waals surface area contributed by atoms with Crippen molar-refractivity contribution in [1.29, 1.82) is 0 Å². The topological polar surface area (TPSA) is 12.0 Å². The summed E-state index contributed by atoms with van der Waals surface area (Å²) < 4.78 is 35.7. The molecule has 1 aromatic rings. The number of fused-ring (bicyclic) bond motifs is 1. The maximum atomic E-state index is 11.9. The standard InChI is InChI=1S/C12H16F3NS/c13-12(14,15)8-16-6-5-10-7-9-3-1-2-4-11(9)17-10/h7,16H,1-6,8H2. The van der Waals surface area contributed by atoms with E-state index < -0.39 is 12.7 Å². The van der Waals surface area contributed by atoms with E-state index in [4.69, 9.17) is 0 Å². The summed E-state index contributed by atoms with van der Waals surface area (Å²) >= 11 is 1.77. The van der Waals surface area contributed by atoms with Gasteiger partial charge in [0.1, 0.15) is 0 Å². The van der Waals surface area contributed by atoms with E-state index in [1.165, 1.54) is 28.2 Å². The van der Waals surface area contributed by atoms with Crippen LogP contribution in [0.5, 0.6) is 0 Å². The van der Waals surface area contributed by atoms with Gasteiger partial charge in [-0.2, -0.15) is 13.2 Å². The summed E-state index contributed by atoms with van der Waals surface area (Å²) in [6.45, 7) is -0.489. The highest BCUT2D eigenvalue weighted by atomic mass is 32.1. The molecule has 0 spiro atoms. The Labute approximate surface area is 103 Å². The van der Waals surface area contributed by atoms with Gasteiger partial charge in [-0.15, -0.1) is 11.3 Å². The lowest BCUT2D eigenvalue weighted by molar-refractivity contribution is -0.124. The van der Waals surface area contributed by atoms with Crippen LogP contribution in [0.25, 0.3) is 0 Å². The second kappa shape index (κ2) is 5.40. The Morgan fingerprint density at radius 3 is 2.71 bits per heavy atom. The zero-order valence-corrected chi connectivity index (χ0v) is 10.4. The van der Waals surface area contributed by atoms with Crippen molar-refractivity contribution in [2.75, 3.05) is 13.1 Å². The Kier molecular flexibility index (Phi) is 4.09. The summed E-state index contributed by atoms with van der Waals surface area (Å²) in [4.78, 5) is 2.66. The van der Waals surface area contributed by atoms with Gasteiger partial charge < -0.3 is 5.32 Å². The molecule has 0 amide bonds. The Bertz CT molecular complexity index is 347. The predicted octanol–water partition coefficient (Wildman–Crippen LogP) is 3.32. The second-order valence-corrected chi connectivity index (χ2v) is 5.63. The van der Waals surface area contributed by atoms with Gasteiger partial charge in [0.2, 0.25) is 0 Å². The van der Waals surface area contributed by atoms with Gasteiger partial charge in [-0.05, 0) is 43.7 Å². The lowest BCUT2D eigenvalue weighted by atomic mass is 9.99. The fourth-order valence-corrected chi connectivity index (χ4v) is 3.38. The van der Waals surface area contributed by atoms with E-state index in [2.05, 4.69) is 11.4 Å². The molecule has 0 saturated carbocycles. The summed E-state index contributed by atoms with van der Waals surface area (Å²) in [7, 11) is 0. The van der Waals surface area contributed by atoms with E-state index in [1.54, 1.807) is 11.3 Å². The molecule has 1 aliphatic rings. The van der Waals surface area contributed by atoms with Crippen LogP contribution >= 0.6 is 11.3 Å². The third-order valence-electron chi connectivity index (χ3n) is 2.92. The summed E-state index contributed by atoms with van der Waals surface area (Å²) in [5.74, 6) is 0. The Balaban J connectivity index is 1.77. The van der Waals surface area contributed by atoms with Crippen LogP contribution in [0.4, 0.5) is 13.2 Å². The SMILES string of the molecule is FC(F)(F)CNCCc1cc2c(s1)CCCC2. The molecule has 0 fully saturated rings. The average molecular weight is 263 g/mol. The first-order chi connectivity index (χ1) is 8.04. The van der Waals surface area contributed by atoms with E-state index in [9.17, 15) is 13.2 Å². The smallest absolute Gasteiger partial charge is 0.308 e. The molecule has 1 aromatic heterocycles. The molecule has 0 unspecified atom stereocenters. The van der Waals surface area contributed by atoms with Crippen LogP contribution < -0.4 is 5.32 Å². The third kappa shape index (κ3) is 4.00. The van der Waals surface area contributed by atoms with Gasteiger partial charge in [0.25, 0.3) is 0 Å². The highest BCUT2D eigenvalue weighted by molar-refractivity contribution is 7.12. The molecule has 1 nitrogen and oxygen atoms in total. The molecule has 17 heavy (non-hydrogen) atoms. The van der Waals surface area contributed by atoms with Crippen molar-refractivity contribution in [3.63, 3.8) is 0 Å². The number of alkyl halides is 3. The summed E-state index contributed by atoms with van der Waals surface area (Å²) in [6.07, 6.45) is 1.38. The Hall–Kier alpha value is -0.550. The first kappa shape index (κ1) is 12.9. The van der Waals surface area contributed by atoms with E-state index >= 15 is 0 Å². The third-order valence-corrected chi connectivity index (χ3v) is 4.22. The summed E-state index contributed by atoms with van der Waals surface area (Å²) in [6, 6.07) is 2.18. The maximum absolute atomic E-state index is 11.9. The molecule has 0 aliphatic heterocycles. The quantitative estimate of drug-likeness (QED) is 0.822. The zero-order valence-electron chi connectivity index (χ0n) is 9.57. The highest BCUT2D eigenvalue weighted by Gasteiger charge is 2.26. The van der Waals surface area contributed by atoms with Crippen LogP contribution in [0.15, 0.2) is 6.07 Å². The largest absolute Gasteiger partial charge is 0.401 e. The first-order valence-electron chi connectivity index (χ1n) is 5.92. The number of aryl methyl sites for hydroxylation is 2. The molecule has 0 aromatic carbocycles. The molecule has 0 atom stereocenters. The van der Waals surface area contributed by atoms with Crippen molar-refractivity contribution in [3.05, 3.63) is 21.4 Å². The fourth-order valence-electron chi connectivity index (χ4n) is 2.12. The van der Waals surface area contributed by atoms with Crippen LogP contribution in [0.2, 0.25) is 0 Å². The van der Waals surface area contributed by atoms with Crippen molar-refractivity contribution in [3.8, 4) is 0 Å². The van der Waals surface area contributed by atoms with Gasteiger partial charge in [-0.25, -0.2) is 0 Å². The number of rotatable bonds is 4. The molecule has 0 saturated heterocycles. The fraction of sp³-hybridized carbons (Fsp3) is 0.667. The second-order valence-electron chi connectivity index (χ2n) is 4.41. The first-order valence-corrected chi connectivity index (χ1v) is 6.74. The van der Waals surface area contributed by atoms with Crippen LogP contribution in [0, 0.1) is 0 Å². The normalized spacial score (nSPS) is 15.9. The van der Waals surface area contributed by atoms with Gasteiger partial charge in [-0.1, -0.05) is 0 Å². The predicted molar refractivity (Wildman–Crippen MR) is 63.6 cm³/mol. The monoisotopic (exact) mass is 263 g/mol. The minimum Gasteiger partial charge on any atom is -0.308 e. The molecule has 0 radical (unpaired) electrons. The molecular weight excluding hydrogens is 247 g/mol. The van der Waals surface area contributed by atoms with Gasteiger partial charge in [0, 0.05) is 16.3 Å². The van der Waals surface area contributed by atoms with Gasteiger partial charge in [0.05, 0.1) is 6.54 Å². The summed E-state index contributed by atoms with van der Waals surface area (Å²) in [5.41, 5.74) is 1.42. The molecule has 1 heterocycles. The highest BCUT2D eigenvalue weighted by Crippen LogP contribution is 2.29. The minimum absolute atomic E-state index is 0.402.